The largest absolute Gasteiger partial charge is 0.354 e. The predicted octanol–water partition coefficient (Wildman–Crippen LogP) is 1.16. The number of amides is 1. The van der Waals surface area contributed by atoms with Crippen LogP contribution < -0.4 is 10.2 Å². The van der Waals surface area contributed by atoms with Crippen LogP contribution in [0.4, 0.5) is 5.82 Å². The average molecular weight is 311 g/mol. The number of rotatable bonds is 4. The molecule has 0 atom stereocenters. The Bertz CT molecular complexity index is 653. The second-order valence-electron chi connectivity index (χ2n) is 5.72. The van der Waals surface area contributed by atoms with Crippen LogP contribution in [-0.2, 0) is 6.54 Å². The first-order valence-electron chi connectivity index (χ1n) is 7.80. The Balaban J connectivity index is 1.63. The van der Waals surface area contributed by atoms with E-state index >= 15 is 0 Å². The minimum absolute atomic E-state index is 0.162. The van der Waals surface area contributed by atoms with Crippen LogP contribution in [0, 0.1) is 0 Å². The third-order valence-electron chi connectivity index (χ3n) is 3.97. The number of hydrogen-bond donors (Lipinski definition) is 1. The molecule has 1 amide bonds. The zero-order valence-electron chi connectivity index (χ0n) is 13.3. The molecule has 6 nitrogen and oxygen atoms in total. The molecule has 1 aliphatic rings. The van der Waals surface area contributed by atoms with E-state index in [0.717, 1.165) is 37.6 Å². The Morgan fingerprint density at radius 3 is 2.74 bits per heavy atom. The summed E-state index contributed by atoms with van der Waals surface area (Å²) in [5.41, 5.74) is 1.42. The summed E-state index contributed by atoms with van der Waals surface area (Å²) >= 11 is 0. The fraction of sp³-hybridized carbons (Fsp3) is 0.353. The minimum Gasteiger partial charge on any atom is -0.354 e. The molecule has 3 rings (SSSR count). The van der Waals surface area contributed by atoms with Crippen molar-refractivity contribution in [2.24, 2.45) is 0 Å². The molecule has 0 aliphatic carbocycles. The van der Waals surface area contributed by atoms with Gasteiger partial charge in [0, 0.05) is 45.1 Å². The van der Waals surface area contributed by atoms with Gasteiger partial charge in [0.05, 0.1) is 0 Å². The number of anilines is 1. The second kappa shape index (κ2) is 7.19. The molecule has 1 fully saturated rings. The van der Waals surface area contributed by atoms with Gasteiger partial charge in [0.25, 0.3) is 5.91 Å². The molecule has 2 aromatic rings. The van der Waals surface area contributed by atoms with Crippen LogP contribution in [0.5, 0.6) is 0 Å². The van der Waals surface area contributed by atoms with E-state index in [4.69, 9.17) is 0 Å². The number of aromatic nitrogens is 2. The summed E-state index contributed by atoms with van der Waals surface area (Å²) in [5.74, 6) is 0.706. The maximum absolute atomic E-state index is 12.3. The highest BCUT2D eigenvalue weighted by Gasteiger charge is 2.16. The Labute approximate surface area is 136 Å². The van der Waals surface area contributed by atoms with Crippen molar-refractivity contribution in [1.29, 1.82) is 0 Å². The number of pyridine rings is 2. The van der Waals surface area contributed by atoms with Gasteiger partial charge < -0.3 is 15.1 Å². The molecule has 1 aliphatic heterocycles. The molecule has 0 spiro atoms. The summed E-state index contributed by atoms with van der Waals surface area (Å²) in [5, 5.41) is 2.88. The molecule has 0 unspecified atom stereocenters. The highest BCUT2D eigenvalue weighted by molar-refractivity contribution is 5.92. The van der Waals surface area contributed by atoms with E-state index in [1.54, 1.807) is 18.5 Å². The Hall–Kier alpha value is -2.47. The topological polar surface area (TPSA) is 61.4 Å². The molecular weight excluding hydrogens is 290 g/mol. The van der Waals surface area contributed by atoms with E-state index in [1.807, 2.05) is 24.3 Å². The normalized spacial score (nSPS) is 15.4. The first-order chi connectivity index (χ1) is 11.2. The van der Waals surface area contributed by atoms with Crippen molar-refractivity contribution in [1.82, 2.24) is 20.2 Å². The molecule has 3 heterocycles. The zero-order valence-corrected chi connectivity index (χ0v) is 13.3. The van der Waals surface area contributed by atoms with E-state index < -0.39 is 0 Å². The quantitative estimate of drug-likeness (QED) is 0.918. The molecule has 2 aromatic heterocycles. The SMILES string of the molecule is CN1CCN(c2cccc(C(=O)NCc3cccnc3)n2)CC1. The molecule has 6 heteroatoms. The lowest BCUT2D eigenvalue weighted by Crippen LogP contribution is -2.45. The summed E-state index contributed by atoms with van der Waals surface area (Å²) in [4.78, 5) is 25.3. The van der Waals surface area contributed by atoms with E-state index in [2.05, 4.69) is 32.1 Å². The van der Waals surface area contributed by atoms with Crippen molar-refractivity contribution in [3.8, 4) is 0 Å². The molecule has 1 N–H and O–H groups in total. The molecule has 0 bridgehead atoms. The van der Waals surface area contributed by atoms with E-state index in [-0.39, 0.29) is 5.91 Å². The first kappa shape index (κ1) is 15.4. The minimum atomic E-state index is -0.162. The molecule has 23 heavy (non-hydrogen) atoms. The van der Waals surface area contributed by atoms with E-state index in [9.17, 15) is 4.79 Å². The van der Waals surface area contributed by atoms with Crippen molar-refractivity contribution in [2.75, 3.05) is 38.1 Å². The summed E-state index contributed by atoms with van der Waals surface area (Å²) in [6, 6.07) is 9.39. The summed E-state index contributed by atoms with van der Waals surface area (Å²) in [7, 11) is 2.12. The van der Waals surface area contributed by atoms with Crippen molar-refractivity contribution in [3.63, 3.8) is 0 Å². The molecule has 0 aromatic carbocycles. The maximum atomic E-state index is 12.3. The van der Waals surface area contributed by atoms with E-state index in [0.29, 0.717) is 12.2 Å². The first-order valence-corrected chi connectivity index (χ1v) is 7.80. The second-order valence-corrected chi connectivity index (χ2v) is 5.72. The standard InChI is InChI=1S/C17H21N5O/c1-21-8-10-22(11-9-21)16-6-2-5-15(20-16)17(23)19-13-14-4-3-7-18-12-14/h2-7,12H,8-11,13H2,1H3,(H,19,23). The van der Waals surface area contributed by atoms with Crippen molar-refractivity contribution in [3.05, 3.63) is 54.0 Å². The van der Waals surface area contributed by atoms with Crippen molar-refractivity contribution >= 4 is 11.7 Å². The Morgan fingerprint density at radius 2 is 2.00 bits per heavy atom. The number of nitrogens with zero attached hydrogens (tertiary/aromatic N) is 4. The van der Waals surface area contributed by atoms with E-state index in [1.165, 1.54) is 0 Å². The molecule has 0 saturated carbocycles. The van der Waals surface area contributed by atoms with Gasteiger partial charge in [-0.05, 0) is 30.8 Å². The summed E-state index contributed by atoms with van der Waals surface area (Å²) < 4.78 is 0. The fourth-order valence-electron chi connectivity index (χ4n) is 2.54. The van der Waals surface area contributed by atoms with Crippen LogP contribution in [0.25, 0.3) is 0 Å². The van der Waals surface area contributed by atoms with Gasteiger partial charge >= 0.3 is 0 Å². The van der Waals surface area contributed by atoms with Gasteiger partial charge in [0.2, 0.25) is 0 Å². The van der Waals surface area contributed by atoms with Gasteiger partial charge in [-0.1, -0.05) is 12.1 Å². The monoisotopic (exact) mass is 311 g/mol. The summed E-state index contributed by atoms with van der Waals surface area (Å²) in [6.45, 7) is 4.35. The van der Waals surface area contributed by atoms with Crippen molar-refractivity contribution in [2.45, 2.75) is 6.54 Å². The van der Waals surface area contributed by atoms with Gasteiger partial charge in [0.1, 0.15) is 11.5 Å². The maximum Gasteiger partial charge on any atom is 0.270 e. The highest BCUT2D eigenvalue weighted by Crippen LogP contribution is 2.13. The fourth-order valence-corrected chi connectivity index (χ4v) is 2.54. The number of nitrogens with one attached hydrogen (secondary N) is 1. The molecular formula is C17H21N5O. The van der Waals surface area contributed by atoms with Gasteiger partial charge in [-0.3, -0.25) is 9.78 Å². The van der Waals surface area contributed by atoms with Crippen LogP contribution in [0.2, 0.25) is 0 Å². The van der Waals surface area contributed by atoms with Crippen molar-refractivity contribution < 1.29 is 4.79 Å². The number of carbonyl (C=O) groups is 1. The van der Waals surface area contributed by atoms with Crippen LogP contribution in [0.3, 0.4) is 0 Å². The summed E-state index contributed by atoms with van der Waals surface area (Å²) in [6.07, 6.45) is 3.46. The number of piperazine rings is 1. The predicted molar refractivity (Wildman–Crippen MR) is 89.4 cm³/mol. The third-order valence-corrected chi connectivity index (χ3v) is 3.97. The molecule has 120 valence electrons. The molecule has 0 radical (unpaired) electrons. The van der Waals surface area contributed by atoms with Gasteiger partial charge in [-0.2, -0.15) is 0 Å². The van der Waals surface area contributed by atoms with Crippen LogP contribution in [0.1, 0.15) is 16.1 Å². The van der Waals surface area contributed by atoms with Crippen LogP contribution in [0.15, 0.2) is 42.7 Å². The lowest BCUT2D eigenvalue weighted by molar-refractivity contribution is 0.0946. The van der Waals surface area contributed by atoms with Gasteiger partial charge in [-0.25, -0.2) is 4.98 Å². The lowest BCUT2D eigenvalue weighted by atomic mass is 10.2. The van der Waals surface area contributed by atoms with Crippen LogP contribution in [-0.4, -0.2) is 54.0 Å². The highest BCUT2D eigenvalue weighted by atomic mass is 16.1. The number of hydrogen-bond acceptors (Lipinski definition) is 5. The third kappa shape index (κ3) is 4.04. The molecule has 1 saturated heterocycles. The zero-order chi connectivity index (χ0) is 16.1. The average Bonchev–Trinajstić information content (AvgIpc) is 2.61. The smallest absolute Gasteiger partial charge is 0.270 e. The Kier molecular flexibility index (Phi) is 4.83. The lowest BCUT2D eigenvalue weighted by Gasteiger charge is -2.33. The Morgan fingerprint density at radius 1 is 1.17 bits per heavy atom. The number of likely N-dealkylation sites (N-methyl/N-ethyl adjacent to an activating group) is 1. The van der Waals surface area contributed by atoms with Gasteiger partial charge in [0.15, 0.2) is 0 Å². The number of carbonyl (C=O) groups excluding carboxylic acids is 1. The van der Waals surface area contributed by atoms with Gasteiger partial charge in [-0.15, -0.1) is 0 Å². The van der Waals surface area contributed by atoms with Crippen LogP contribution >= 0.6 is 0 Å².